The lowest BCUT2D eigenvalue weighted by atomic mass is 10.2. The van der Waals surface area contributed by atoms with Crippen molar-refractivity contribution in [1.29, 1.82) is 0 Å². The summed E-state index contributed by atoms with van der Waals surface area (Å²) in [5.41, 5.74) is 0.532. The topological polar surface area (TPSA) is 42.4 Å². The van der Waals surface area contributed by atoms with Crippen molar-refractivity contribution in [1.82, 2.24) is 9.88 Å². The lowest BCUT2D eigenvalue weighted by Crippen LogP contribution is -2.27. The van der Waals surface area contributed by atoms with Crippen LogP contribution in [-0.4, -0.2) is 36.5 Å². The Labute approximate surface area is 103 Å². The van der Waals surface area contributed by atoms with Gasteiger partial charge in [-0.25, -0.2) is 4.98 Å². The van der Waals surface area contributed by atoms with Gasteiger partial charge in [-0.15, -0.1) is 0 Å². The Morgan fingerprint density at radius 2 is 2.33 bits per heavy atom. The number of ether oxygens (including phenoxy) is 1. The third-order valence-electron chi connectivity index (χ3n) is 2.09. The minimum atomic E-state index is -0.0631. The fourth-order valence-electron chi connectivity index (χ4n) is 1.10. The number of nitrogens with zero attached hydrogens (tertiary/aromatic N) is 2. The average Bonchev–Trinajstić information content (AvgIpc) is 2.26. The van der Waals surface area contributed by atoms with Crippen molar-refractivity contribution in [2.45, 2.75) is 6.92 Å². The molecule has 0 aromatic carbocycles. The number of hydrogen-bond donors (Lipinski definition) is 0. The molecule has 0 aliphatic carbocycles. The Morgan fingerprint density at radius 3 is 2.87 bits per heavy atom. The van der Waals surface area contributed by atoms with Crippen LogP contribution in [0.5, 0.6) is 5.88 Å². The number of hydrogen-bond acceptors (Lipinski definition) is 3. The summed E-state index contributed by atoms with van der Waals surface area (Å²) in [6.45, 7) is 2.58. The molecule has 0 bridgehead atoms. The number of carbonyl (C=O) groups excluding carboxylic acids is 1. The summed E-state index contributed by atoms with van der Waals surface area (Å²) in [6, 6.07) is 1.79. The molecule has 1 aromatic rings. The Kier molecular flexibility index (Phi) is 4.31. The second-order valence-corrected chi connectivity index (χ2v) is 4.16. The van der Waals surface area contributed by atoms with Crippen molar-refractivity contribution in [3.63, 3.8) is 0 Å². The second-order valence-electron chi connectivity index (χ2n) is 3.00. The summed E-state index contributed by atoms with van der Waals surface area (Å²) in [4.78, 5) is 17.6. The van der Waals surface area contributed by atoms with E-state index < -0.39 is 0 Å². The first-order valence-electron chi connectivity index (χ1n) is 4.55. The zero-order valence-corrected chi connectivity index (χ0v) is 11.1. The van der Waals surface area contributed by atoms with E-state index in [4.69, 9.17) is 4.74 Å². The highest BCUT2D eigenvalue weighted by Gasteiger charge is 2.19. The molecule has 1 aromatic heterocycles. The fraction of sp³-hybridized carbons (Fsp3) is 0.400. The first kappa shape index (κ1) is 12.2. The predicted octanol–water partition coefficient (Wildman–Crippen LogP) is 1.79. The SMILES string of the molecule is CCN(C)C(=O)c1c(I)ccnc1OC. The van der Waals surface area contributed by atoms with Crippen molar-refractivity contribution >= 4 is 28.5 Å². The number of methoxy groups -OCH3 is 1. The maximum atomic E-state index is 12.0. The van der Waals surface area contributed by atoms with Crippen LogP contribution in [0, 0.1) is 3.57 Å². The van der Waals surface area contributed by atoms with Gasteiger partial charge in [-0.2, -0.15) is 0 Å². The number of rotatable bonds is 3. The minimum Gasteiger partial charge on any atom is -0.480 e. The fourth-order valence-corrected chi connectivity index (χ4v) is 1.73. The lowest BCUT2D eigenvalue weighted by molar-refractivity contribution is 0.0797. The summed E-state index contributed by atoms with van der Waals surface area (Å²) in [7, 11) is 3.27. The van der Waals surface area contributed by atoms with E-state index in [1.165, 1.54) is 7.11 Å². The van der Waals surface area contributed by atoms with Gasteiger partial charge in [-0.1, -0.05) is 0 Å². The molecule has 15 heavy (non-hydrogen) atoms. The van der Waals surface area contributed by atoms with Crippen molar-refractivity contribution < 1.29 is 9.53 Å². The number of carbonyl (C=O) groups is 1. The molecule has 4 nitrogen and oxygen atoms in total. The zero-order valence-electron chi connectivity index (χ0n) is 8.95. The Balaban J connectivity index is 3.17. The predicted molar refractivity (Wildman–Crippen MR) is 66.1 cm³/mol. The summed E-state index contributed by atoms with van der Waals surface area (Å²) in [5, 5.41) is 0. The van der Waals surface area contributed by atoms with Gasteiger partial charge < -0.3 is 9.64 Å². The quantitative estimate of drug-likeness (QED) is 0.798. The third-order valence-corrected chi connectivity index (χ3v) is 2.99. The molecule has 0 aliphatic rings. The summed E-state index contributed by atoms with van der Waals surface area (Å²) in [5.74, 6) is 0.319. The highest BCUT2D eigenvalue weighted by Crippen LogP contribution is 2.22. The summed E-state index contributed by atoms with van der Waals surface area (Å²) in [6.07, 6.45) is 1.63. The van der Waals surface area contributed by atoms with Gasteiger partial charge >= 0.3 is 0 Å². The number of amides is 1. The smallest absolute Gasteiger partial charge is 0.260 e. The van der Waals surface area contributed by atoms with E-state index in [2.05, 4.69) is 27.6 Å². The highest BCUT2D eigenvalue weighted by atomic mass is 127. The standard InChI is InChI=1S/C10H13IN2O2/c1-4-13(2)10(14)8-7(11)5-6-12-9(8)15-3/h5-6H,4H2,1-3H3. The van der Waals surface area contributed by atoms with Crippen LogP contribution in [0.4, 0.5) is 0 Å². The van der Waals surface area contributed by atoms with Crippen LogP contribution in [0.2, 0.25) is 0 Å². The Bertz CT molecular complexity index is 368. The molecule has 1 heterocycles. The molecule has 0 N–H and O–H groups in total. The molecule has 1 amide bonds. The molecule has 5 heteroatoms. The molecule has 0 saturated heterocycles. The Hall–Kier alpha value is -0.850. The molecule has 0 unspecified atom stereocenters. The monoisotopic (exact) mass is 320 g/mol. The maximum Gasteiger partial charge on any atom is 0.260 e. The molecule has 0 aliphatic heterocycles. The van der Waals surface area contributed by atoms with E-state index in [1.807, 2.05) is 6.92 Å². The van der Waals surface area contributed by atoms with Crippen molar-refractivity contribution in [2.75, 3.05) is 20.7 Å². The Morgan fingerprint density at radius 1 is 1.67 bits per heavy atom. The molecule has 0 fully saturated rings. The van der Waals surface area contributed by atoms with Gasteiger partial charge in [-0.05, 0) is 35.6 Å². The molecular formula is C10H13IN2O2. The van der Waals surface area contributed by atoms with E-state index in [0.29, 0.717) is 18.0 Å². The molecule has 0 saturated carbocycles. The van der Waals surface area contributed by atoms with E-state index in [9.17, 15) is 4.79 Å². The first-order valence-corrected chi connectivity index (χ1v) is 5.63. The van der Waals surface area contributed by atoms with Gasteiger partial charge in [0.05, 0.1) is 7.11 Å². The van der Waals surface area contributed by atoms with Crippen molar-refractivity contribution in [3.05, 3.63) is 21.4 Å². The van der Waals surface area contributed by atoms with Crippen LogP contribution >= 0.6 is 22.6 Å². The second kappa shape index (κ2) is 5.29. The molecule has 82 valence electrons. The van der Waals surface area contributed by atoms with Gasteiger partial charge in [0.1, 0.15) is 5.56 Å². The first-order chi connectivity index (χ1) is 7.11. The zero-order chi connectivity index (χ0) is 11.4. The van der Waals surface area contributed by atoms with Gasteiger partial charge in [0, 0.05) is 23.4 Å². The molecule has 0 spiro atoms. The van der Waals surface area contributed by atoms with Gasteiger partial charge in [0.2, 0.25) is 5.88 Å². The largest absolute Gasteiger partial charge is 0.480 e. The summed E-state index contributed by atoms with van der Waals surface area (Å²) < 4.78 is 5.93. The van der Waals surface area contributed by atoms with Crippen LogP contribution in [0.25, 0.3) is 0 Å². The van der Waals surface area contributed by atoms with Crippen LogP contribution < -0.4 is 4.74 Å². The third kappa shape index (κ3) is 2.58. The minimum absolute atomic E-state index is 0.0631. The van der Waals surface area contributed by atoms with Crippen molar-refractivity contribution in [3.8, 4) is 5.88 Å². The molecule has 0 radical (unpaired) electrons. The van der Waals surface area contributed by atoms with Gasteiger partial charge in [0.15, 0.2) is 0 Å². The number of aromatic nitrogens is 1. The van der Waals surface area contributed by atoms with Crippen molar-refractivity contribution in [2.24, 2.45) is 0 Å². The molecular weight excluding hydrogens is 307 g/mol. The molecule has 0 atom stereocenters. The number of halogens is 1. The highest BCUT2D eigenvalue weighted by molar-refractivity contribution is 14.1. The maximum absolute atomic E-state index is 12.0. The van der Waals surface area contributed by atoms with Crippen LogP contribution in [0.1, 0.15) is 17.3 Å². The van der Waals surface area contributed by atoms with Gasteiger partial charge in [-0.3, -0.25) is 4.79 Å². The van der Waals surface area contributed by atoms with E-state index in [-0.39, 0.29) is 5.91 Å². The van der Waals surface area contributed by atoms with Crippen LogP contribution in [0.3, 0.4) is 0 Å². The van der Waals surface area contributed by atoms with E-state index in [1.54, 1.807) is 24.2 Å². The van der Waals surface area contributed by atoms with Gasteiger partial charge in [0.25, 0.3) is 5.91 Å². The summed E-state index contributed by atoms with van der Waals surface area (Å²) >= 11 is 2.11. The number of pyridine rings is 1. The molecule has 1 rings (SSSR count). The van der Waals surface area contributed by atoms with Crippen LogP contribution in [-0.2, 0) is 0 Å². The van der Waals surface area contributed by atoms with E-state index >= 15 is 0 Å². The normalized spacial score (nSPS) is 9.87. The van der Waals surface area contributed by atoms with Crippen LogP contribution in [0.15, 0.2) is 12.3 Å². The lowest BCUT2D eigenvalue weighted by Gasteiger charge is -2.16. The average molecular weight is 320 g/mol. The van der Waals surface area contributed by atoms with E-state index in [0.717, 1.165) is 3.57 Å².